The number of aryl methyl sites for hydroxylation is 1. The molecule has 16 heavy (non-hydrogen) atoms. The van der Waals surface area contributed by atoms with Crippen LogP contribution in [0.2, 0.25) is 0 Å². The highest BCUT2D eigenvalue weighted by Gasteiger charge is 2.53. The lowest BCUT2D eigenvalue weighted by molar-refractivity contribution is 0.00578. The fraction of sp³-hybridized carbons (Fsp3) is 0.700. The Bertz CT molecular complexity index is 379. The summed E-state index contributed by atoms with van der Waals surface area (Å²) in [5.74, 6) is 0.965. The molecular formula is C10H17BN2O3. The van der Waals surface area contributed by atoms with Crippen LogP contribution in [-0.4, -0.2) is 23.5 Å². The zero-order valence-electron chi connectivity index (χ0n) is 10.3. The average Bonchev–Trinajstić information content (AvgIpc) is 2.52. The largest absolute Gasteiger partial charge is 0.502 e. The van der Waals surface area contributed by atoms with Crippen LogP contribution in [0.15, 0.2) is 4.52 Å². The first-order valence-electron chi connectivity index (χ1n) is 5.32. The van der Waals surface area contributed by atoms with E-state index in [-0.39, 0.29) is 11.2 Å². The van der Waals surface area contributed by atoms with Gasteiger partial charge in [-0.25, -0.2) is 0 Å². The summed E-state index contributed by atoms with van der Waals surface area (Å²) in [6.45, 7) is 9.76. The summed E-state index contributed by atoms with van der Waals surface area (Å²) in [4.78, 5) is 0. The summed E-state index contributed by atoms with van der Waals surface area (Å²) < 4.78 is 16.7. The van der Waals surface area contributed by atoms with E-state index in [0.717, 1.165) is 0 Å². The molecule has 0 radical (unpaired) electrons. The Kier molecular flexibility index (Phi) is 2.33. The Morgan fingerprint density at radius 2 is 1.62 bits per heavy atom. The maximum Gasteiger partial charge on any atom is 0.502 e. The van der Waals surface area contributed by atoms with Crippen LogP contribution < -0.4 is 11.2 Å². The Morgan fingerprint density at radius 3 is 2.00 bits per heavy atom. The van der Waals surface area contributed by atoms with E-state index in [1.807, 2.05) is 27.7 Å². The third kappa shape index (κ3) is 1.53. The summed E-state index contributed by atoms with van der Waals surface area (Å²) in [6, 6.07) is 0. The first-order chi connectivity index (χ1) is 7.24. The van der Waals surface area contributed by atoms with Crippen LogP contribution in [-0.2, 0) is 9.31 Å². The topological polar surface area (TPSA) is 70.5 Å². The second-order valence-corrected chi connectivity index (χ2v) is 5.13. The van der Waals surface area contributed by atoms with Crippen molar-refractivity contribution in [3.63, 3.8) is 0 Å². The van der Waals surface area contributed by atoms with Crippen molar-refractivity contribution < 1.29 is 13.8 Å². The molecule has 6 heteroatoms. The molecule has 1 saturated heterocycles. The number of nitrogens with two attached hydrogens (primary N) is 1. The molecule has 88 valence electrons. The van der Waals surface area contributed by atoms with E-state index < -0.39 is 7.12 Å². The van der Waals surface area contributed by atoms with Gasteiger partial charge in [0.25, 0.3) is 0 Å². The number of anilines is 1. The van der Waals surface area contributed by atoms with E-state index in [9.17, 15) is 0 Å². The SMILES string of the molecule is Cc1onc(N)c1B1OC(C)(C)C(C)(C)O1. The van der Waals surface area contributed by atoms with Crippen LogP contribution in [0.25, 0.3) is 0 Å². The number of hydrogen-bond acceptors (Lipinski definition) is 5. The number of nitrogen functional groups attached to an aromatic ring is 1. The molecule has 1 aliphatic heterocycles. The zero-order valence-corrected chi connectivity index (χ0v) is 10.3. The maximum atomic E-state index is 5.87. The highest BCUT2D eigenvalue weighted by molar-refractivity contribution is 6.64. The lowest BCUT2D eigenvalue weighted by Crippen LogP contribution is -2.41. The number of rotatable bonds is 1. The van der Waals surface area contributed by atoms with Crippen LogP contribution in [0.4, 0.5) is 5.82 Å². The Balaban J connectivity index is 2.34. The van der Waals surface area contributed by atoms with Crippen molar-refractivity contribution in [1.82, 2.24) is 5.16 Å². The van der Waals surface area contributed by atoms with Gasteiger partial charge < -0.3 is 19.6 Å². The van der Waals surface area contributed by atoms with Crippen molar-refractivity contribution in [2.45, 2.75) is 45.8 Å². The van der Waals surface area contributed by atoms with Crippen molar-refractivity contribution in [2.75, 3.05) is 5.73 Å². The van der Waals surface area contributed by atoms with Gasteiger partial charge in [-0.2, -0.15) is 0 Å². The molecule has 1 aromatic rings. The fourth-order valence-electron chi connectivity index (χ4n) is 1.64. The van der Waals surface area contributed by atoms with Crippen molar-refractivity contribution >= 4 is 18.4 Å². The van der Waals surface area contributed by atoms with E-state index in [0.29, 0.717) is 17.0 Å². The minimum atomic E-state index is -0.503. The summed E-state index contributed by atoms with van der Waals surface area (Å²) in [5.41, 5.74) is 5.66. The first kappa shape index (κ1) is 11.5. The van der Waals surface area contributed by atoms with Crippen LogP contribution in [0.5, 0.6) is 0 Å². The lowest BCUT2D eigenvalue weighted by Gasteiger charge is -2.32. The van der Waals surface area contributed by atoms with Crippen LogP contribution in [0.3, 0.4) is 0 Å². The molecule has 0 aromatic carbocycles. The molecular weight excluding hydrogens is 207 g/mol. The quantitative estimate of drug-likeness (QED) is 0.716. The smallest absolute Gasteiger partial charge is 0.399 e. The van der Waals surface area contributed by atoms with E-state index in [2.05, 4.69) is 5.16 Å². The van der Waals surface area contributed by atoms with Gasteiger partial charge in [0.05, 0.1) is 16.7 Å². The van der Waals surface area contributed by atoms with Gasteiger partial charge in [-0.05, 0) is 34.6 Å². The predicted octanol–water partition coefficient (Wildman–Crippen LogP) is 0.864. The Hall–Kier alpha value is -1.01. The predicted molar refractivity (Wildman–Crippen MR) is 61.4 cm³/mol. The molecule has 1 aromatic heterocycles. The molecule has 0 unspecified atom stereocenters. The molecule has 0 amide bonds. The summed E-state index contributed by atoms with van der Waals surface area (Å²) in [6.07, 6.45) is 0. The van der Waals surface area contributed by atoms with Gasteiger partial charge in [0.15, 0.2) is 5.82 Å². The molecule has 2 N–H and O–H groups in total. The summed E-state index contributed by atoms with van der Waals surface area (Å²) in [5, 5.41) is 3.70. The van der Waals surface area contributed by atoms with Gasteiger partial charge in [-0.1, -0.05) is 5.16 Å². The molecule has 5 nitrogen and oxygen atoms in total. The zero-order chi connectivity index (χ0) is 12.1. The molecule has 1 fully saturated rings. The van der Waals surface area contributed by atoms with Crippen molar-refractivity contribution in [3.8, 4) is 0 Å². The number of nitrogens with zero attached hydrogens (tertiary/aromatic N) is 1. The van der Waals surface area contributed by atoms with Gasteiger partial charge in [-0.3, -0.25) is 0 Å². The third-order valence-electron chi connectivity index (χ3n) is 3.43. The number of hydrogen-bond donors (Lipinski definition) is 1. The van der Waals surface area contributed by atoms with Crippen LogP contribution in [0.1, 0.15) is 33.5 Å². The van der Waals surface area contributed by atoms with Gasteiger partial charge in [-0.15, -0.1) is 0 Å². The highest BCUT2D eigenvalue weighted by Crippen LogP contribution is 2.37. The normalized spacial score (nSPS) is 22.7. The molecule has 2 heterocycles. The highest BCUT2D eigenvalue weighted by atomic mass is 16.7. The van der Waals surface area contributed by atoms with E-state index in [1.165, 1.54) is 0 Å². The minimum Gasteiger partial charge on any atom is -0.399 e. The average molecular weight is 224 g/mol. The molecule has 0 bridgehead atoms. The van der Waals surface area contributed by atoms with Gasteiger partial charge in [0.2, 0.25) is 0 Å². The third-order valence-corrected chi connectivity index (χ3v) is 3.43. The Labute approximate surface area is 95.4 Å². The molecule has 0 spiro atoms. The molecule has 1 aliphatic rings. The lowest BCUT2D eigenvalue weighted by atomic mass is 9.79. The number of aromatic nitrogens is 1. The summed E-state index contributed by atoms with van der Waals surface area (Å²) in [7, 11) is -0.503. The van der Waals surface area contributed by atoms with Gasteiger partial charge in [0.1, 0.15) is 5.76 Å². The van der Waals surface area contributed by atoms with Gasteiger partial charge >= 0.3 is 7.12 Å². The molecule has 2 rings (SSSR count). The van der Waals surface area contributed by atoms with Crippen LogP contribution >= 0.6 is 0 Å². The second kappa shape index (κ2) is 3.24. The van der Waals surface area contributed by atoms with Crippen LogP contribution in [0, 0.1) is 6.92 Å². The minimum absolute atomic E-state index is 0.330. The second-order valence-electron chi connectivity index (χ2n) is 5.13. The molecule has 0 atom stereocenters. The maximum absolute atomic E-state index is 5.87. The van der Waals surface area contributed by atoms with E-state index in [4.69, 9.17) is 19.6 Å². The fourth-order valence-corrected chi connectivity index (χ4v) is 1.64. The van der Waals surface area contributed by atoms with E-state index >= 15 is 0 Å². The molecule has 0 aliphatic carbocycles. The van der Waals surface area contributed by atoms with Crippen molar-refractivity contribution in [1.29, 1.82) is 0 Å². The summed E-state index contributed by atoms with van der Waals surface area (Å²) >= 11 is 0. The monoisotopic (exact) mass is 224 g/mol. The standard InChI is InChI=1S/C10H17BN2O3/c1-6-7(8(12)13-14-6)11-15-9(2,3)10(4,5)16-11/h1-5H3,(H2,12,13). The first-order valence-corrected chi connectivity index (χ1v) is 5.32. The van der Waals surface area contributed by atoms with Crippen molar-refractivity contribution in [2.24, 2.45) is 0 Å². The molecule has 0 saturated carbocycles. The van der Waals surface area contributed by atoms with Gasteiger partial charge in [0, 0.05) is 0 Å². The Morgan fingerprint density at radius 1 is 1.12 bits per heavy atom. The van der Waals surface area contributed by atoms with Crippen molar-refractivity contribution in [3.05, 3.63) is 5.76 Å². The van der Waals surface area contributed by atoms with E-state index in [1.54, 1.807) is 6.92 Å².